The third-order valence-electron chi connectivity index (χ3n) is 2.90. The molecular weight excluding hydrogens is 320 g/mol. The summed E-state index contributed by atoms with van der Waals surface area (Å²) < 4.78 is 8.58. The maximum absolute atomic E-state index is 5.82. The lowest BCUT2D eigenvalue weighted by atomic mass is 10.2. The zero-order chi connectivity index (χ0) is 13.9. The summed E-state index contributed by atoms with van der Waals surface area (Å²) in [6.07, 6.45) is 1.82. The Balaban J connectivity index is 1.78. The molecule has 2 aromatic heterocycles. The van der Waals surface area contributed by atoms with Gasteiger partial charge in [0.15, 0.2) is 0 Å². The Bertz CT molecular complexity index is 702. The van der Waals surface area contributed by atoms with E-state index in [1.807, 2.05) is 42.6 Å². The zero-order valence-electron chi connectivity index (χ0n) is 10.7. The fraction of sp³-hybridized carbons (Fsp3) is 0.143. The van der Waals surface area contributed by atoms with E-state index in [0.29, 0.717) is 13.1 Å². The van der Waals surface area contributed by atoms with Crippen molar-refractivity contribution in [1.29, 1.82) is 0 Å². The average Bonchev–Trinajstić information content (AvgIpc) is 3.09. The van der Waals surface area contributed by atoms with Crippen molar-refractivity contribution in [2.45, 2.75) is 13.1 Å². The van der Waals surface area contributed by atoms with Crippen LogP contribution in [0.4, 0.5) is 0 Å². The van der Waals surface area contributed by atoms with E-state index >= 15 is 0 Å². The van der Waals surface area contributed by atoms with Crippen LogP contribution in [0.2, 0.25) is 0 Å². The number of hydrogen-bond donors (Lipinski definition) is 1. The molecule has 6 heteroatoms. The minimum absolute atomic E-state index is 0.391. The van der Waals surface area contributed by atoms with Crippen molar-refractivity contribution in [1.82, 2.24) is 15.0 Å². The van der Waals surface area contributed by atoms with Gasteiger partial charge in [0.05, 0.1) is 11.9 Å². The summed E-state index contributed by atoms with van der Waals surface area (Å²) in [6.45, 7) is 0.936. The van der Waals surface area contributed by atoms with Crippen molar-refractivity contribution in [2.75, 3.05) is 0 Å². The summed E-state index contributed by atoms with van der Waals surface area (Å²) in [5, 5.41) is 7.94. The molecule has 102 valence electrons. The molecule has 3 rings (SSSR count). The van der Waals surface area contributed by atoms with E-state index in [9.17, 15) is 0 Å². The van der Waals surface area contributed by atoms with Gasteiger partial charge in [0, 0.05) is 16.6 Å². The minimum atomic E-state index is 0.391. The monoisotopic (exact) mass is 332 g/mol. The lowest BCUT2D eigenvalue weighted by molar-refractivity contribution is 0.485. The van der Waals surface area contributed by atoms with Crippen LogP contribution in [0, 0.1) is 0 Å². The molecule has 0 aliphatic carbocycles. The second-order valence-electron chi connectivity index (χ2n) is 4.38. The van der Waals surface area contributed by atoms with E-state index in [1.165, 1.54) is 0 Å². The molecule has 3 aromatic rings. The summed E-state index contributed by atoms with van der Waals surface area (Å²) in [5.74, 6) is 1.67. The summed E-state index contributed by atoms with van der Waals surface area (Å²) >= 11 is 3.42. The van der Waals surface area contributed by atoms with Gasteiger partial charge in [-0.3, -0.25) is 0 Å². The maximum Gasteiger partial charge on any atom is 0.134 e. The van der Waals surface area contributed by atoms with Gasteiger partial charge in [0.2, 0.25) is 0 Å². The number of halogens is 1. The van der Waals surface area contributed by atoms with Crippen LogP contribution in [0.3, 0.4) is 0 Å². The number of benzene rings is 1. The van der Waals surface area contributed by atoms with Crippen LogP contribution in [0.25, 0.3) is 11.3 Å². The number of furan rings is 1. The first kappa shape index (κ1) is 13.1. The fourth-order valence-electron chi connectivity index (χ4n) is 1.90. The van der Waals surface area contributed by atoms with Crippen LogP contribution in [0.15, 0.2) is 51.5 Å². The topological polar surface area (TPSA) is 69.9 Å². The number of nitrogens with two attached hydrogens (primary N) is 1. The number of aromatic nitrogens is 3. The van der Waals surface area contributed by atoms with Crippen LogP contribution in [0.5, 0.6) is 0 Å². The zero-order valence-corrected chi connectivity index (χ0v) is 12.2. The highest BCUT2D eigenvalue weighted by molar-refractivity contribution is 9.10. The fourth-order valence-corrected chi connectivity index (χ4v) is 2.17. The van der Waals surface area contributed by atoms with Crippen molar-refractivity contribution in [3.8, 4) is 11.3 Å². The molecule has 20 heavy (non-hydrogen) atoms. The molecule has 2 N–H and O–H groups in total. The molecule has 0 saturated carbocycles. The Hall–Kier alpha value is -1.92. The third-order valence-corrected chi connectivity index (χ3v) is 3.43. The highest BCUT2D eigenvalue weighted by atomic mass is 79.9. The van der Waals surface area contributed by atoms with Gasteiger partial charge >= 0.3 is 0 Å². The van der Waals surface area contributed by atoms with Gasteiger partial charge in [-0.2, -0.15) is 0 Å². The SMILES string of the molecule is NCc1cn(Cc2ccc(-c3ccc(Br)cc3)o2)nn1. The van der Waals surface area contributed by atoms with Crippen LogP contribution in [-0.4, -0.2) is 15.0 Å². The Morgan fingerprint density at radius 2 is 1.95 bits per heavy atom. The molecule has 2 heterocycles. The Morgan fingerprint density at radius 1 is 1.15 bits per heavy atom. The molecule has 0 aliphatic rings. The van der Waals surface area contributed by atoms with Crippen LogP contribution in [-0.2, 0) is 13.1 Å². The predicted octanol–water partition coefficient (Wildman–Crippen LogP) is 2.81. The van der Waals surface area contributed by atoms with Gasteiger partial charge < -0.3 is 10.2 Å². The normalized spacial score (nSPS) is 10.9. The highest BCUT2D eigenvalue weighted by Crippen LogP contribution is 2.24. The molecule has 1 aromatic carbocycles. The van der Waals surface area contributed by atoms with Crippen molar-refractivity contribution in [3.63, 3.8) is 0 Å². The summed E-state index contributed by atoms with van der Waals surface area (Å²) in [6, 6.07) is 11.9. The summed E-state index contributed by atoms with van der Waals surface area (Å²) in [4.78, 5) is 0. The molecule has 0 amide bonds. The standard InChI is InChI=1S/C14H13BrN4O/c15-11-3-1-10(2-4-11)14-6-5-13(20-14)9-19-8-12(7-16)17-18-19/h1-6,8H,7,9,16H2. The van der Waals surface area contributed by atoms with Gasteiger partial charge in [-0.25, -0.2) is 4.68 Å². The van der Waals surface area contributed by atoms with Gasteiger partial charge in [0.25, 0.3) is 0 Å². The molecular formula is C14H13BrN4O. The summed E-state index contributed by atoms with van der Waals surface area (Å²) in [7, 11) is 0. The first-order valence-electron chi connectivity index (χ1n) is 6.18. The van der Waals surface area contributed by atoms with E-state index < -0.39 is 0 Å². The summed E-state index contributed by atoms with van der Waals surface area (Å²) in [5.41, 5.74) is 7.32. The molecule has 0 fully saturated rings. The van der Waals surface area contributed by atoms with Crippen molar-refractivity contribution >= 4 is 15.9 Å². The van der Waals surface area contributed by atoms with Gasteiger partial charge in [-0.15, -0.1) is 5.10 Å². The average molecular weight is 333 g/mol. The smallest absolute Gasteiger partial charge is 0.134 e. The van der Waals surface area contributed by atoms with Crippen molar-refractivity contribution < 1.29 is 4.42 Å². The largest absolute Gasteiger partial charge is 0.459 e. The van der Waals surface area contributed by atoms with Crippen LogP contribution >= 0.6 is 15.9 Å². The molecule has 0 aliphatic heterocycles. The highest BCUT2D eigenvalue weighted by Gasteiger charge is 2.06. The third kappa shape index (κ3) is 2.81. The Morgan fingerprint density at radius 3 is 2.65 bits per heavy atom. The lowest BCUT2D eigenvalue weighted by Gasteiger charge is -1.98. The Labute approximate surface area is 124 Å². The number of nitrogens with zero attached hydrogens (tertiary/aromatic N) is 3. The van der Waals surface area contributed by atoms with E-state index in [-0.39, 0.29) is 0 Å². The van der Waals surface area contributed by atoms with Crippen LogP contribution in [0.1, 0.15) is 11.5 Å². The molecule has 0 atom stereocenters. The van der Waals surface area contributed by atoms with Crippen molar-refractivity contribution in [3.05, 3.63) is 58.5 Å². The van der Waals surface area contributed by atoms with E-state index in [1.54, 1.807) is 4.68 Å². The first-order chi connectivity index (χ1) is 9.74. The molecule has 0 saturated heterocycles. The molecule has 0 radical (unpaired) electrons. The van der Waals surface area contributed by atoms with E-state index in [2.05, 4.69) is 26.2 Å². The number of rotatable bonds is 4. The predicted molar refractivity (Wildman–Crippen MR) is 78.9 cm³/mol. The number of hydrogen-bond acceptors (Lipinski definition) is 4. The van der Waals surface area contributed by atoms with Crippen LogP contribution < -0.4 is 5.73 Å². The van der Waals surface area contributed by atoms with E-state index in [4.69, 9.17) is 10.2 Å². The second-order valence-corrected chi connectivity index (χ2v) is 5.30. The van der Waals surface area contributed by atoms with E-state index in [0.717, 1.165) is 27.3 Å². The Kier molecular flexibility index (Phi) is 3.66. The second kappa shape index (κ2) is 5.60. The molecule has 0 spiro atoms. The molecule has 0 unspecified atom stereocenters. The van der Waals surface area contributed by atoms with Gasteiger partial charge in [0.1, 0.15) is 18.1 Å². The molecule has 0 bridgehead atoms. The van der Waals surface area contributed by atoms with Gasteiger partial charge in [-0.05, 0) is 24.3 Å². The van der Waals surface area contributed by atoms with Gasteiger partial charge in [-0.1, -0.05) is 33.3 Å². The minimum Gasteiger partial charge on any atom is -0.459 e. The molecule has 5 nitrogen and oxygen atoms in total. The van der Waals surface area contributed by atoms with Crippen molar-refractivity contribution in [2.24, 2.45) is 5.73 Å². The lowest BCUT2D eigenvalue weighted by Crippen LogP contribution is -1.99. The maximum atomic E-state index is 5.82. The first-order valence-corrected chi connectivity index (χ1v) is 6.97. The quantitative estimate of drug-likeness (QED) is 0.797.